The van der Waals surface area contributed by atoms with Crippen molar-refractivity contribution in [2.24, 2.45) is 0 Å². The van der Waals surface area contributed by atoms with Crippen molar-refractivity contribution in [1.29, 1.82) is 0 Å². The second kappa shape index (κ2) is 6.96. The van der Waals surface area contributed by atoms with Gasteiger partial charge in [0.05, 0.1) is 6.54 Å². The first-order chi connectivity index (χ1) is 9.65. The molecule has 0 atom stereocenters. The molecule has 20 heavy (non-hydrogen) atoms. The molecule has 2 aromatic rings. The Morgan fingerprint density at radius 1 is 1.20 bits per heavy atom. The van der Waals surface area contributed by atoms with Gasteiger partial charge in [0, 0.05) is 30.4 Å². The van der Waals surface area contributed by atoms with Gasteiger partial charge in [-0.05, 0) is 32.2 Å². The number of benzene rings is 1. The smallest absolute Gasteiger partial charge is 0.176 e. The second-order valence-electron chi connectivity index (χ2n) is 5.10. The molecule has 0 saturated carbocycles. The van der Waals surface area contributed by atoms with Crippen LogP contribution < -0.4 is 0 Å². The van der Waals surface area contributed by atoms with E-state index in [1.54, 1.807) is 6.20 Å². The Kier molecular flexibility index (Phi) is 5.02. The molecule has 3 nitrogen and oxygen atoms in total. The highest BCUT2D eigenvalue weighted by Gasteiger charge is 2.09. The minimum absolute atomic E-state index is 0.164. The molecule has 104 valence electrons. The molecule has 0 saturated heterocycles. The zero-order valence-corrected chi connectivity index (χ0v) is 12.0. The van der Waals surface area contributed by atoms with Crippen molar-refractivity contribution in [3.8, 4) is 0 Å². The van der Waals surface area contributed by atoms with Gasteiger partial charge in [0.1, 0.15) is 0 Å². The van der Waals surface area contributed by atoms with E-state index >= 15 is 0 Å². The van der Waals surface area contributed by atoms with Crippen LogP contribution in [0.1, 0.15) is 21.6 Å². The Morgan fingerprint density at radius 3 is 2.75 bits per heavy atom. The summed E-state index contributed by atoms with van der Waals surface area (Å²) in [5.41, 5.74) is 2.96. The molecule has 0 aliphatic carbocycles. The van der Waals surface area contributed by atoms with E-state index in [0.29, 0.717) is 6.54 Å². The van der Waals surface area contributed by atoms with Crippen LogP contribution in [0.25, 0.3) is 0 Å². The number of carbonyl (C=O) groups is 1. The molecule has 3 heteroatoms. The van der Waals surface area contributed by atoms with E-state index in [0.717, 1.165) is 29.8 Å². The van der Waals surface area contributed by atoms with E-state index in [1.807, 2.05) is 61.3 Å². The number of hydrogen-bond acceptors (Lipinski definition) is 3. The lowest BCUT2D eigenvalue weighted by Gasteiger charge is -2.15. The molecule has 0 unspecified atom stereocenters. The maximum Gasteiger partial charge on any atom is 0.176 e. The Balaban J connectivity index is 1.85. The number of carbonyl (C=O) groups excluding carboxylic acids is 1. The fourth-order valence-corrected chi connectivity index (χ4v) is 2.09. The van der Waals surface area contributed by atoms with Crippen LogP contribution in [0, 0.1) is 6.92 Å². The molecule has 0 N–H and O–H groups in total. The molecular formula is C17H20N2O. The summed E-state index contributed by atoms with van der Waals surface area (Å²) >= 11 is 0. The quantitative estimate of drug-likeness (QED) is 0.755. The molecule has 0 aliphatic rings. The highest BCUT2D eigenvalue weighted by molar-refractivity contribution is 5.97. The van der Waals surface area contributed by atoms with Gasteiger partial charge in [0.15, 0.2) is 5.78 Å². The first kappa shape index (κ1) is 14.4. The van der Waals surface area contributed by atoms with Crippen LogP contribution >= 0.6 is 0 Å². The molecule has 0 fully saturated rings. The van der Waals surface area contributed by atoms with Crippen molar-refractivity contribution >= 4 is 5.78 Å². The van der Waals surface area contributed by atoms with Gasteiger partial charge in [-0.25, -0.2) is 0 Å². The zero-order valence-electron chi connectivity index (χ0n) is 12.0. The monoisotopic (exact) mass is 268 g/mol. The predicted octanol–water partition coefficient (Wildman–Crippen LogP) is 2.75. The van der Waals surface area contributed by atoms with E-state index in [1.165, 1.54) is 0 Å². The van der Waals surface area contributed by atoms with Gasteiger partial charge in [-0.1, -0.05) is 29.8 Å². The van der Waals surface area contributed by atoms with Crippen LogP contribution in [0.4, 0.5) is 0 Å². The summed E-state index contributed by atoms with van der Waals surface area (Å²) in [6.45, 7) is 3.27. The highest BCUT2D eigenvalue weighted by atomic mass is 16.1. The summed E-state index contributed by atoms with van der Waals surface area (Å²) in [5, 5.41) is 0. The number of nitrogens with zero attached hydrogens (tertiary/aromatic N) is 2. The number of hydrogen-bond donors (Lipinski definition) is 0. The van der Waals surface area contributed by atoms with Gasteiger partial charge < -0.3 is 0 Å². The Morgan fingerprint density at radius 2 is 2.05 bits per heavy atom. The minimum Gasteiger partial charge on any atom is -0.299 e. The van der Waals surface area contributed by atoms with Gasteiger partial charge >= 0.3 is 0 Å². The molecule has 0 amide bonds. The van der Waals surface area contributed by atoms with Crippen LogP contribution in [-0.2, 0) is 6.42 Å². The molecular weight excluding hydrogens is 248 g/mol. The molecule has 0 aliphatic heterocycles. The maximum absolute atomic E-state index is 12.2. The summed E-state index contributed by atoms with van der Waals surface area (Å²) in [4.78, 5) is 18.5. The van der Waals surface area contributed by atoms with Crippen molar-refractivity contribution in [2.45, 2.75) is 13.3 Å². The number of ketones is 1. The first-order valence-corrected chi connectivity index (χ1v) is 6.83. The Hall–Kier alpha value is -2.00. The average molecular weight is 268 g/mol. The summed E-state index contributed by atoms with van der Waals surface area (Å²) in [6.07, 6.45) is 2.66. The molecule has 1 aromatic heterocycles. The molecule has 1 heterocycles. The highest BCUT2D eigenvalue weighted by Crippen LogP contribution is 2.06. The summed E-state index contributed by atoms with van der Waals surface area (Å²) < 4.78 is 0. The van der Waals surface area contributed by atoms with Crippen LogP contribution in [0.5, 0.6) is 0 Å². The van der Waals surface area contributed by atoms with Gasteiger partial charge in [0.2, 0.25) is 0 Å². The van der Waals surface area contributed by atoms with Gasteiger partial charge in [-0.2, -0.15) is 0 Å². The summed E-state index contributed by atoms with van der Waals surface area (Å²) in [6, 6.07) is 13.7. The van der Waals surface area contributed by atoms with Crippen molar-refractivity contribution in [1.82, 2.24) is 9.88 Å². The Bertz CT molecular complexity index is 566. The number of pyridine rings is 1. The molecule has 0 radical (unpaired) electrons. The number of rotatable bonds is 6. The lowest BCUT2D eigenvalue weighted by Crippen LogP contribution is -2.28. The largest absolute Gasteiger partial charge is 0.299 e. The van der Waals surface area contributed by atoms with Crippen LogP contribution in [0.15, 0.2) is 48.7 Å². The number of Topliss-reactive ketones (excluding diaryl/α,β-unsaturated/α-hetero) is 1. The average Bonchev–Trinajstić information content (AvgIpc) is 2.46. The van der Waals surface area contributed by atoms with E-state index < -0.39 is 0 Å². The van der Waals surface area contributed by atoms with Crippen LogP contribution in [0.3, 0.4) is 0 Å². The third-order valence-electron chi connectivity index (χ3n) is 3.23. The fraction of sp³-hybridized carbons (Fsp3) is 0.294. The van der Waals surface area contributed by atoms with Crippen molar-refractivity contribution in [3.63, 3.8) is 0 Å². The third kappa shape index (κ3) is 4.28. The van der Waals surface area contributed by atoms with Gasteiger partial charge in [-0.3, -0.25) is 14.7 Å². The fourth-order valence-electron chi connectivity index (χ4n) is 2.09. The van der Waals surface area contributed by atoms with E-state index in [-0.39, 0.29) is 5.78 Å². The second-order valence-corrected chi connectivity index (χ2v) is 5.10. The number of aryl methyl sites for hydroxylation is 1. The van der Waals surface area contributed by atoms with E-state index in [4.69, 9.17) is 0 Å². The molecule has 2 rings (SSSR count). The normalized spacial score (nSPS) is 10.8. The summed E-state index contributed by atoms with van der Waals surface area (Å²) in [5.74, 6) is 0.164. The Labute approximate surface area is 120 Å². The van der Waals surface area contributed by atoms with E-state index in [2.05, 4.69) is 4.98 Å². The molecule has 0 spiro atoms. The van der Waals surface area contributed by atoms with Crippen molar-refractivity contribution < 1.29 is 4.79 Å². The lowest BCUT2D eigenvalue weighted by molar-refractivity contribution is 0.0946. The SMILES string of the molecule is Cc1cccc(C(=O)CN(C)CCc2ccccn2)c1. The minimum atomic E-state index is 0.164. The lowest BCUT2D eigenvalue weighted by atomic mass is 10.1. The van der Waals surface area contributed by atoms with Crippen molar-refractivity contribution in [3.05, 3.63) is 65.5 Å². The molecule has 0 bridgehead atoms. The van der Waals surface area contributed by atoms with Crippen LogP contribution in [-0.4, -0.2) is 35.8 Å². The third-order valence-corrected chi connectivity index (χ3v) is 3.23. The molecule has 1 aromatic carbocycles. The first-order valence-electron chi connectivity index (χ1n) is 6.83. The topological polar surface area (TPSA) is 33.2 Å². The van der Waals surface area contributed by atoms with Gasteiger partial charge in [0.25, 0.3) is 0 Å². The van der Waals surface area contributed by atoms with E-state index in [9.17, 15) is 4.79 Å². The standard InChI is InChI=1S/C17H20N2O/c1-14-6-5-7-15(12-14)17(20)13-19(2)11-9-16-8-3-4-10-18-16/h3-8,10,12H,9,11,13H2,1-2H3. The van der Waals surface area contributed by atoms with Crippen molar-refractivity contribution in [2.75, 3.05) is 20.1 Å². The zero-order chi connectivity index (χ0) is 14.4. The maximum atomic E-state index is 12.2. The van der Waals surface area contributed by atoms with Crippen LogP contribution in [0.2, 0.25) is 0 Å². The summed E-state index contributed by atoms with van der Waals surface area (Å²) in [7, 11) is 1.97. The van der Waals surface area contributed by atoms with Gasteiger partial charge in [-0.15, -0.1) is 0 Å². The number of likely N-dealkylation sites (N-methyl/N-ethyl adjacent to an activating group) is 1. The number of aromatic nitrogens is 1. The predicted molar refractivity (Wildman–Crippen MR) is 80.9 cm³/mol.